The molecule has 0 aromatic heterocycles. The predicted molar refractivity (Wildman–Crippen MR) is 193 cm³/mol. The van der Waals surface area contributed by atoms with E-state index in [1.165, 1.54) is 77.5 Å². The molecule has 2 N–H and O–H groups in total. The molecule has 0 saturated carbocycles. The second kappa shape index (κ2) is 10.4. The Morgan fingerprint density at radius 1 is 0.378 bits per heavy atom. The number of hydrogen-bond donors (Lipinski definition) is 1. The summed E-state index contributed by atoms with van der Waals surface area (Å²) in [6, 6.07) is 53.1. The summed E-state index contributed by atoms with van der Waals surface area (Å²) in [4.78, 5) is 0. The van der Waals surface area contributed by atoms with Gasteiger partial charge in [-0.25, -0.2) is 0 Å². The van der Waals surface area contributed by atoms with E-state index in [1.54, 1.807) is 0 Å². The third-order valence-corrected chi connectivity index (χ3v) is 9.31. The van der Waals surface area contributed by atoms with Crippen molar-refractivity contribution in [1.29, 1.82) is 0 Å². The fourth-order valence-corrected chi connectivity index (χ4v) is 7.20. The van der Waals surface area contributed by atoms with Gasteiger partial charge >= 0.3 is 0 Å². The monoisotopic (exact) mass is 577 g/mol. The van der Waals surface area contributed by atoms with Crippen LogP contribution < -0.4 is 5.73 Å². The number of nitrogens with two attached hydrogens (primary N) is 1. The highest BCUT2D eigenvalue weighted by atomic mass is 14.5. The summed E-state index contributed by atoms with van der Waals surface area (Å²) >= 11 is 0. The van der Waals surface area contributed by atoms with Gasteiger partial charge in [-0.2, -0.15) is 0 Å². The smallest absolute Gasteiger partial charge is 0.0314 e. The summed E-state index contributed by atoms with van der Waals surface area (Å²) < 4.78 is 0. The Labute approximate surface area is 265 Å². The van der Waals surface area contributed by atoms with Gasteiger partial charge in [0.2, 0.25) is 0 Å². The third-order valence-electron chi connectivity index (χ3n) is 9.31. The van der Waals surface area contributed by atoms with Crippen molar-refractivity contribution in [3.8, 4) is 66.8 Å². The Kier molecular flexibility index (Phi) is 6.25. The van der Waals surface area contributed by atoms with Crippen molar-refractivity contribution >= 4 is 16.5 Å². The van der Waals surface area contributed by atoms with E-state index in [1.807, 2.05) is 12.1 Å². The normalized spacial score (nSPS) is 12.0. The van der Waals surface area contributed by atoms with Crippen LogP contribution in [0.5, 0.6) is 0 Å². The number of benzene rings is 7. The molecule has 0 aliphatic heterocycles. The molecule has 0 radical (unpaired) electrons. The fourth-order valence-electron chi connectivity index (χ4n) is 7.20. The van der Waals surface area contributed by atoms with Gasteiger partial charge in [-0.1, -0.05) is 154 Å². The molecule has 45 heavy (non-hydrogen) atoms. The first-order valence-corrected chi connectivity index (χ1v) is 15.7. The van der Waals surface area contributed by atoms with E-state index >= 15 is 0 Å². The molecule has 0 atom stereocenters. The van der Waals surface area contributed by atoms with Gasteiger partial charge in [0.05, 0.1) is 0 Å². The van der Waals surface area contributed by atoms with Crippen molar-refractivity contribution in [2.24, 2.45) is 0 Å². The van der Waals surface area contributed by atoms with Crippen LogP contribution in [0.3, 0.4) is 0 Å². The van der Waals surface area contributed by atoms with E-state index in [0.29, 0.717) is 0 Å². The van der Waals surface area contributed by atoms with E-state index in [2.05, 4.69) is 154 Å². The number of nitrogen functional groups attached to an aromatic ring is 1. The molecule has 0 fully saturated rings. The van der Waals surface area contributed by atoms with Crippen LogP contribution in [0.2, 0.25) is 0 Å². The summed E-state index contributed by atoms with van der Waals surface area (Å²) in [5, 5.41) is 2.59. The molecule has 0 bridgehead atoms. The summed E-state index contributed by atoms with van der Waals surface area (Å²) in [6.45, 7) is 6.83. The summed E-state index contributed by atoms with van der Waals surface area (Å²) in [7, 11) is 0. The lowest BCUT2D eigenvalue weighted by molar-refractivity contribution is 0.590. The van der Waals surface area contributed by atoms with Crippen molar-refractivity contribution in [3.05, 3.63) is 151 Å². The van der Waals surface area contributed by atoms with Crippen molar-refractivity contribution in [2.75, 3.05) is 5.73 Å². The minimum absolute atomic E-state index is 0.0605. The molecule has 0 spiro atoms. The van der Waals surface area contributed by atoms with Crippen LogP contribution in [0.1, 0.15) is 26.3 Å². The van der Waals surface area contributed by atoms with Crippen LogP contribution in [0.4, 0.5) is 5.69 Å². The number of fused-ring (bicyclic) bond motifs is 3. The standard InChI is InChI=1S/C44H35N/c1-44(2,3)33-24-20-31(21-25-33)38-39(32-22-26-34(45)27-23-32)41(30-14-8-5-9-15-30)43-36-19-11-17-28-16-10-18-35(37(28)36)42(43)40(38)29-12-6-4-7-13-29/h4-27H,45H2,1-3H3. The molecular weight excluding hydrogens is 542 g/mol. The maximum absolute atomic E-state index is 6.28. The Balaban J connectivity index is 1.63. The molecule has 8 rings (SSSR count). The van der Waals surface area contributed by atoms with Gasteiger partial charge in [0, 0.05) is 5.69 Å². The number of anilines is 1. The van der Waals surface area contributed by atoms with Crippen LogP contribution in [-0.4, -0.2) is 0 Å². The fraction of sp³-hybridized carbons (Fsp3) is 0.0909. The number of rotatable bonds is 4. The zero-order valence-electron chi connectivity index (χ0n) is 25.9. The zero-order valence-corrected chi connectivity index (χ0v) is 25.9. The van der Waals surface area contributed by atoms with E-state index in [0.717, 1.165) is 11.3 Å². The molecule has 7 aromatic rings. The molecular formula is C44H35N. The van der Waals surface area contributed by atoms with E-state index in [9.17, 15) is 0 Å². The van der Waals surface area contributed by atoms with Crippen LogP contribution in [0.15, 0.2) is 146 Å². The lowest BCUT2D eigenvalue weighted by Crippen LogP contribution is -2.10. The highest BCUT2D eigenvalue weighted by Gasteiger charge is 2.33. The van der Waals surface area contributed by atoms with Gasteiger partial charge < -0.3 is 5.73 Å². The maximum atomic E-state index is 6.28. The lowest BCUT2D eigenvalue weighted by Gasteiger charge is -2.27. The molecule has 0 heterocycles. The summed E-state index contributed by atoms with van der Waals surface area (Å²) in [5.74, 6) is 0. The maximum Gasteiger partial charge on any atom is 0.0314 e. The van der Waals surface area contributed by atoms with Crippen molar-refractivity contribution in [2.45, 2.75) is 26.2 Å². The molecule has 1 aliphatic rings. The topological polar surface area (TPSA) is 26.0 Å². The third kappa shape index (κ3) is 4.38. The molecule has 1 aliphatic carbocycles. The summed E-state index contributed by atoms with van der Waals surface area (Å²) in [6.07, 6.45) is 0. The molecule has 216 valence electrons. The molecule has 0 saturated heterocycles. The van der Waals surface area contributed by atoms with E-state index in [-0.39, 0.29) is 5.41 Å². The van der Waals surface area contributed by atoms with E-state index in [4.69, 9.17) is 5.73 Å². The van der Waals surface area contributed by atoms with E-state index < -0.39 is 0 Å². The SMILES string of the molecule is CC(C)(C)c1ccc(-c2c(-c3ccc(N)cc3)c(-c3ccccc3)c3c(c2-c2ccccc2)-c2cccc4cccc-3c24)cc1. The predicted octanol–water partition coefficient (Wildman–Crippen LogP) is 12.0. The van der Waals surface area contributed by atoms with Gasteiger partial charge in [-0.15, -0.1) is 0 Å². The van der Waals surface area contributed by atoms with Gasteiger partial charge in [0.15, 0.2) is 0 Å². The second-order valence-electron chi connectivity index (χ2n) is 13.1. The van der Waals surface area contributed by atoms with Crippen LogP contribution in [0.25, 0.3) is 77.5 Å². The van der Waals surface area contributed by atoms with Gasteiger partial charge in [-0.3, -0.25) is 0 Å². The van der Waals surface area contributed by atoms with Crippen LogP contribution in [0, 0.1) is 0 Å². The van der Waals surface area contributed by atoms with Crippen LogP contribution >= 0.6 is 0 Å². The lowest BCUT2D eigenvalue weighted by atomic mass is 9.76. The quantitative estimate of drug-likeness (QED) is 0.207. The van der Waals surface area contributed by atoms with Gasteiger partial charge in [0.1, 0.15) is 0 Å². The van der Waals surface area contributed by atoms with Crippen molar-refractivity contribution in [1.82, 2.24) is 0 Å². The van der Waals surface area contributed by atoms with Crippen LogP contribution in [-0.2, 0) is 5.41 Å². The highest BCUT2D eigenvalue weighted by molar-refractivity contribution is 6.25. The first-order valence-electron chi connectivity index (χ1n) is 15.7. The highest BCUT2D eigenvalue weighted by Crippen LogP contribution is 2.60. The average molecular weight is 578 g/mol. The molecule has 0 amide bonds. The van der Waals surface area contributed by atoms with Gasteiger partial charge in [0.25, 0.3) is 0 Å². The van der Waals surface area contributed by atoms with Gasteiger partial charge in [-0.05, 0) is 101 Å². The molecule has 1 heteroatoms. The van der Waals surface area contributed by atoms with Crippen molar-refractivity contribution < 1.29 is 0 Å². The summed E-state index contributed by atoms with van der Waals surface area (Å²) in [5.41, 5.74) is 23.4. The molecule has 7 aromatic carbocycles. The minimum atomic E-state index is 0.0605. The molecule has 1 nitrogen and oxygen atoms in total. The minimum Gasteiger partial charge on any atom is -0.399 e. The Morgan fingerprint density at radius 2 is 0.778 bits per heavy atom. The zero-order chi connectivity index (χ0) is 30.7. The average Bonchev–Trinajstić information content (AvgIpc) is 3.40. The first-order chi connectivity index (χ1) is 21.9. The Hall–Kier alpha value is -5.40. The number of hydrogen-bond acceptors (Lipinski definition) is 1. The Bertz CT molecular complexity index is 2200. The second-order valence-corrected chi connectivity index (χ2v) is 13.1. The first kappa shape index (κ1) is 27.2. The largest absolute Gasteiger partial charge is 0.399 e. The molecule has 0 unspecified atom stereocenters. The Morgan fingerprint density at radius 3 is 1.22 bits per heavy atom. The van der Waals surface area contributed by atoms with Crippen molar-refractivity contribution in [3.63, 3.8) is 0 Å².